The first-order valence-electron chi connectivity index (χ1n) is 8.77. The van der Waals surface area contributed by atoms with Gasteiger partial charge in [-0.2, -0.15) is 0 Å². The fourth-order valence-electron chi connectivity index (χ4n) is 3.13. The standard InChI is InChI=1S/C19H20N6O4/c1-9-14(10(2)29-25-9)17-23-18-15(20-8-21-18)19(24-17)22-11-6-12(26-3)16(28-5)13(7-11)27-4/h6-8H,1-5H3,(H2,20,21,22,23,24). The molecule has 29 heavy (non-hydrogen) atoms. The first kappa shape index (κ1) is 18.5. The lowest BCUT2D eigenvalue weighted by Gasteiger charge is -2.15. The fourth-order valence-corrected chi connectivity index (χ4v) is 3.13. The number of aryl methyl sites for hydroxylation is 2. The molecule has 10 heteroatoms. The molecule has 0 radical (unpaired) electrons. The minimum Gasteiger partial charge on any atom is -0.493 e. The van der Waals surface area contributed by atoms with Crippen molar-refractivity contribution in [2.24, 2.45) is 0 Å². The van der Waals surface area contributed by atoms with Crippen LogP contribution in [0.2, 0.25) is 0 Å². The maximum absolute atomic E-state index is 5.43. The van der Waals surface area contributed by atoms with E-state index in [1.54, 1.807) is 39.8 Å². The van der Waals surface area contributed by atoms with Gasteiger partial charge in [-0.15, -0.1) is 0 Å². The van der Waals surface area contributed by atoms with Gasteiger partial charge in [0.1, 0.15) is 11.3 Å². The summed E-state index contributed by atoms with van der Waals surface area (Å²) in [6.07, 6.45) is 1.57. The van der Waals surface area contributed by atoms with Crippen molar-refractivity contribution in [3.8, 4) is 28.6 Å². The smallest absolute Gasteiger partial charge is 0.203 e. The summed E-state index contributed by atoms with van der Waals surface area (Å²) in [6, 6.07) is 3.59. The Morgan fingerprint density at radius 1 is 1.00 bits per heavy atom. The number of nitrogens with one attached hydrogen (secondary N) is 2. The van der Waals surface area contributed by atoms with Crippen molar-refractivity contribution in [2.45, 2.75) is 13.8 Å². The quantitative estimate of drug-likeness (QED) is 0.505. The zero-order valence-corrected chi connectivity index (χ0v) is 16.7. The van der Waals surface area contributed by atoms with Crippen LogP contribution in [0.15, 0.2) is 23.0 Å². The van der Waals surface area contributed by atoms with E-state index in [9.17, 15) is 0 Å². The Labute approximate surface area is 166 Å². The minimum absolute atomic E-state index is 0.468. The number of fused-ring (bicyclic) bond motifs is 1. The summed E-state index contributed by atoms with van der Waals surface area (Å²) in [6.45, 7) is 3.66. The summed E-state index contributed by atoms with van der Waals surface area (Å²) in [7, 11) is 4.69. The molecule has 0 aliphatic carbocycles. The van der Waals surface area contributed by atoms with E-state index >= 15 is 0 Å². The van der Waals surface area contributed by atoms with Crippen molar-refractivity contribution in [3.05, 3.63) is 29.9 Å². The molecule has 0 saturated carbocycles. The van der Waals surface area contributed by atoms with Crippen LogP contribution in [0.25, 0.3) is 22.6 Å². The van der Waals surface area contributed by atoms with Gasteiger partial charge in [0.05, 0.1) is 38.9 Å². The lowest BCUT2D eigenvalue weighted by molar-refractivity contribution is 0.324. The van der Waals surface area contributed by atoms with Crippen LogP contribution in [-0.4, -0.2) is 46.4 Å². The Bertz CT molecular complexity index is 1140. The number of ether oxygens (including phenoxy) is 3. The van der Waals surface area contributed by atoms with E-state index in [2.05, 4.69) is 30.4 Å². The van der Waals surface area contributed by atoms with E-state index in [1.807, 2.05) is 13.8 Å². The molecule has 0 bridgehead atoms. The average Bonchev–Trinajstić information content (AvgIpc) is 3.33. The number of hydrogen-bond acceptors (Lipinski definition) is 9. The van der Waals surface area contributed by atoms with E-state index in [-0.39, 0.29) is 0 Å². The monoisotopic (exact) mass is 396 g/mol. The highest BCUT2D eigenvalue weighted by atomic mass is 16.5. The van der Waals surface area contributed by atoms with E-state index in [1.165, 1.54) is 0 Å². The number of methoxy groups -OCH3 is 3. The lowest BCUT2D eigenvalue weighted by atomic mass is 10.2. The van der Waals surface area contributed by atoms with Gasteiger partial charge in [-0.05, 0) is 13.8 Å². The predicted octanol–water partition coefficient (Wildman–Crippen LogP) is 3.39. The second-order valence-corrected chi connectivity index (χ2v) is 6.24. The summed E-state index contributed by atoms with van der Waals surface area (Å²) in [4.78, 5) is 16.6. The molecule has 0 aliphatic rings. The number of anilines is 2. The number of H-pyrrole nitrogens is 1. The molecular formula is C19H20N6O4. The normalized spacial score (nSPS) is 10.9. The SMILES string of the molecule is COc1cc(Nc2nc(-c3c(C)noc3C)nc3nc[nH]c23)cc(OC)c1OC. The van der Waals surface area contributed by atoms with Crippen LogP contribution in [0.1, 0.15) is 11.5 Å². The van der Waals surface area contributed by atoms with Gasteiger partial charge in [0, 0.05) is 17.8 Å². The summed E-state index contributed by atoms with van der Waals surface area (Å²) >= 11 is 0. The third-order valence-corrected chi connectivity index (χ3v) is 4.47. The van der Waals surface area contributed by atoms with Crippen LogP contribution in [0.5, 0.6) is 17.2 Å². The maximum atomic E-state index is 5.43. The van der Waals surface area contributed by atoms with Crippen molar-refractivity contribution >= 4 is 22.7 Å². The van der Waals surface area contributed by atoms with Crippen LogP contribution in [0, 0.1) is 13.8 Å². The molecule has 3 heterocycles. The highest BCUT2D eigenvalue weighted by molar-refractivity contribution is 5.87. The number of imidazole rings is 1. The molecule has 2 N–H and O–H groups in total. The first-order valence-corrected chi connectivity index (χ1v) is 8.77. The topological polar surface area (TPSA) is 120 Å². The first-order chi connectivity index (χ1) is 14.0. The molecule has 0 atom stereocenters. The number of aromatic nitrogens is 5. The molecule has 4 aromatic rings. The van der Waals surface area contributed by atoms with Gasteiger partial charge in [-0.25, -0.2) is 15.0 Å². The second kappa shape index (κ2) is 7.30. The molecule has 0 spiro atoms. The molecule has 10 nitrogen and oxygen atoms in total. The zero-order chi connectivity index (χ0) is 20.5. The highest BCUT2D eigenvalue weighted by Crippen LogP contribution is 2.41. The van der Waals surface area contributed by atoms with Gasteiger partial charge in [0.2, 0.25) is 5.75 Å². The highest BCUT2D eigenvalue weighted by Gasteiger charge is 2.19. The number of nitrogens with zero attached hydrogens (tertiary/aromatic N) is 4. The van der Waals surface area contributed by atoms with Gasteiger partial charge in [-0.3, -0.25) is 0 Å². The second-order valence-electron chi connectivity index (χ2n) is 6.24. The largest absolute Gasteiger partial charge is 0.493 e. The van der Waals surface area contributed by atoms with Crippen molar-refractivity contribution in [1.29, 1.82) is 0 Å². The van der Waals surface area contributed by atoms with Gasteiger partial charge in [0.15, 0.2) is 28.8 Å². The molecular weight excluding hydrogens is 376 g/mol. The van der Waals surface area contributed by atoms with E-state index in [0.29, 0.717) is 57.2 Å². The minimum atomic E-state index is 0.468. The van der Waals surface area contributed by atoms with Crippen molar-refractivity contribution < 1.29 is 18.7 Å². The van der Waals surface area contributed by atoms with Gasteiger partial charge in [0.25, 0.3) is 0 Å². The molecule has 3 aromatic heterocycles. The number of benzene rings is 1. The lowest BCUT2D eigenvalue weighted by Crippen LogP contribution is -2.02. The molecule has 0 unspecified atom stereocenters. The van der Waals surface area contributed by atoms with E-state index < -0.39 is 0 Å². The molecule has 1 aromatic carbocycles. The summed E-state index contributed by atoms with van der Waals surface area (Å²) < 4.78 is 21.5. The van der Waals surface area contributed by atoms with Gasteiger partial charge < -0.3 is 29.0 Å². The Hall–Kier alpha value is -3.82. The molecule has 4 rings (SSSR count). The maximum Gasteiger partial charge on any atom is 0.203 e. The summed E-state index contributed by atoms with van der Waals surface area (Å²) in [5, 5.41) is 7.27. The van der Waals surface area contributed by atoms with Crippen molar-refractivity contribution in [3.63, 3.8) is 0 Å². The molecule has 0 amide bonds. The van der Waals surface area contributed by atoms with Crippen molar-refractivity contribution in [2.75, 3.05) is 26.6 Å². The van der Waals surface area contributed by atoms with Gasteiger partial charge in [-0.1, -0.05) is 5.16 Å². The van der Waals surface area contributed by atoms with Crippen LogP contribution in [0.3, 0.4) is 0 Å². The van der Waals surface area contributed by atoms with E-state index in [4.69, 9.17) is 18.7 Å². The van der Waals surface area contributed by atoms with Crippen LogP contribution >= 0.6 is 0 Å². The van der Waals surface area contributed by atoms with E-state index in [0.717, 1.165) is 5.56 Å². The Kier molecular flexibility index (Phi) is 4.67. The molecule has 150 valence electrons. The Balaban J connectivity index is 1.84. The van der Waals surface area contributed by atoms with Crippen LogP contribution in [0.4, 0.5) is 11.5 Å². The van der Waals surface area contributed by atoms with Crippen LogP contribution in [-0.2, 0) is 0 Å². The Morgan fingerprint density at radius 3 is 2.31 bits per heavy atom. The third kappa shape index (κ3) is 3.18. The summed E-state index contributed by atoms with van der Waals surface area (Å²) in [5.74, 6) is 3.19. The van der Waals surface area contributed by atoms with Crippen LogP contribution < -0.4 is 19.5 Å². The zero-order valence-electron chi connectivity index (χ0n) is 16.7. The van der Waals surface area contributed by atoms with Gasteiger partial charge >= 0.3 is 0 Å². The fraction of sp³-hybridized carbons (Fsp3) is 0.263. The molecule has 0 aliphatic heterocycles. The van der Waals surface area contributed by atoms with Crippen molar-refractivity contribution in [1.82, 2.24) is 25.1 Å². The predicted molar refractivity (Wildman–Crippen MR) is 106 cm³/mol. The number of rotatable bonds is 6. The molecule has 0 saturated heterocycles. The number of aromatic amines is 1. The summed E-state index contributed by atoms with van der Waals surface area (Å²) in [5.41, 5.74) is 3.32. The number of hydrogen-bond donors (Lipinski definition) is 2. The Morgan fingerprint density at radius 2 is 1.72 bits per heavy atom. The average molecular weight is 396 g/mol. The molecule has 0 fully saturated rings. The third-order valence-electron chi connectivity index (χ3n) is 4.47.